The highest BCUT2D eigenvalue weighted by molar-refractivity contribution is 5.06. The lowest BCUT2D eigenvalue weighted by molar-refractivity contribution is -0.000895. The highest BCUT2D eigenvalue weighted by Crippen LogP contribution is 2.33. The molecule has 0 aliphatic carbocycles. The molecule has 0 radical (unpaired) electrons. The van der Waals surface area contributed by atoms with E-state index >= 15 is 0 Å². The standard InChI is InChI=1S/C8H15NO4/c10-3-4-7(12)8(13)6-5(11)1-2-9(4)6/h4-8,10-13H,1-3H2/t4-,5+,6+,7-,8+/m1/s1. The second kappa shape index (κ2) is 3.18. The van der Waals surface area contributed by atoms with Crippen molar-refractivity contribution >= 4 is 0 Å². The molecule has 0 aromatic rings. The Morgan fingerprint density at radius 2 is 1.85 bits per heavy atom. The van der Waals surface area contributed by atoms with E-state index < -0.39 is 30.4 Å². The average molecular weight is 189 g/mol. The van der Waals surface area contributed by atoms with Crippen molar-refractivity contribution in [2.45, 2.75) is 36.8 Å². The Hall–Kier alpha value is -0.200. The third-order valence-electron chi connectivity index (χ3n) is 3.17. The molecule has 76 valence electrons. The topological polar surface area (TPSA) is 84.2 Å². The van der Waals surface area contributed by atoms with Crippen molar-refractivity contribution in [2.75, 3.05) is 13.2 Å². The summed E-state index contributed by atoms with van der Waals surface area (Å²) in [6, 6.07) is -0.815. The van der Waals surface area contributed by atoms with Crippen LogP contribution in [0, 0.1) is 0 Å². The van der Waals surface area contributed by atoms with Gasteiger partial charge in [0.1, 0.15) is 0 Å². The van der Waals surface area contributed by atoms with E-state index in [-0.39, 0.29) is 6.61 Å². The molecule has 0 aromatic carbocycles. The molecule has 0 amide bonds. The smallest absolute Gasteiger partial charge is 0.0995 e. The Bertz CT molecular complexity index is 201. The third kappa shape index (κ3) is 1.19. The number of rotatable bonds is 1. The second-order valence-electron chi connectivity index (χ2n) is 3.82. The van der Waals surface area contributed by atoms with E-state index in [1.54, 1.807) is 4.90 Å². The summed E-state index contributed by atoms with van der Waals surface area (Å²) in [6.07, 6.45) is -1.86. The van der Waals surface area contributed by atoms with Gasteiger partial charge in [-0.1, -0.05) is 0 Å². The summed E-state index contributed by atoms with van der Waals surface area (Å²) < 4.78 is 0. The molecule has 0 aromatic heterocycles. The molecule has 4 N–H and O–H groups in total. The molecule has 2 saturated heterocycles. The molecule has 2 rings (SSSR count). The number of nitrogens with zero attached hydrogens (tertiary/aromatic N) is 1. The fourth-order valence-electron chi connectivity index (χ4n) is 2.47. The van der Waals surface area contributed by atoms with E-state index in [2.05, 4.69) is 0 Å². The maximum Gasteiger partial charge on any atom is 0.0995 e. The first kappa shape index (κ1) is 9.36. The van der Waals surface area contributed by atoms with Gasteiger partial charge in [0.05, 0.1) is 37.0 Å². The average Bonchev–Trinajstić information content (AvgIpc) is 2.57. The van der Waals surface area contributed by atoms with Crippen molar-refractivity contribution in [1.82, 2.24) is 4.90 Å². The van der Waals surface area contributed by atoms with Crippen LogP contribution in [0.4, 0.5) is 0 Å². The molecule has 0 bridgehead atoms. The molecule has 5 nitrogen and oxygen atoms in total. The minimum Gasteiger partial charge on any atom is -0.395 e. The summed E-state index contributed by atoms with van der Waals surface area (Å²) in [5, 5.41) is 37.6. The van der Waals surface area contributed by atoms with E-state index in [9.17, 15) is 15.3 Å². The van der Waals surface area contributed by atoms with Gasteiger partial charge >= 0.3 is 0 Å². The molecular formula is C8H15NO4. The van der Waals surface area contributed by atoms with Crippen molar-refractivity contribution in [1.29, 1.82) is 0 Å². The van der Waals surface area contributed by atoms with E-state index in [1.165, 1.54) is 0 Å². The van der Waals surface area contributed by atoms with Gasteiger partial charge < -0.3 is 20.4 Å². The van der Waals surface area contributed by atoms with Gasteiger partial charge in [0.15, 0.2) is 0 Å². The van der Waals surface area contributed by atoms with E-state index in [0.29, 0.717) is 13.0 Å². The largest absolute Gasteiger partial charge is 0.395 e. The molecule has 0 spiro atoms. The maximum atomic E-state index is 9.58. The highest BCUT2D eigenvalue weighted by Gasteiger charge is 2.52. The Labute approximate surface area is 76.2 Å². The van der Waals surface area contributed by atoms with Gasteiger partial charge in [0.2, 0.25) is 0 Å². The van der Waals surface area contributed by atoms with Gasteiger partial charge in [-0.05, 0) is 6.42 Å². The third-order valence-corrected chi connectivity index (χ3v) is 3.17. The minimum absolute atomic E-state index is 0.179. The second-order valence-corrected chi connectivity index (χ2v) is 3.82. The van der Waals surface area contributed by atoms with Crippen LogP contribution in [-0.2, 0) is 0 Å². The number of hydrogen-bond acceptors (Lipinski definition) is 5. The molecule has 5 heteroatoms. The van der Waals surface area contributed by atoms with Crippen molar-refractivity contribution in [3.05, 3.63) is 0 Å². The van der Waals surface area contributed by atoms with Gasteiger partial charge in [-0.3, -0.25) is 4.90 Å². The van der Waals surface area contributed by atoms with E-state index in [0.717, 1.165) is 0 Å². The van der Waals surface area contributed by atoms with Crippen LogP contribution in [0.2, 0.25) is 0 Å². The molecular weight excluding hydrogens is 174 g/mol. The molecule has 2 fully saturated rings. The van der Waals surface area contributed by atoms with Crippen molar-refractivity contribution in [3.63, 3.8) is 0 Å². The number of aliphatic hydroxyl groups is 4. The fraction of sp³-hybridized carbons (Fsp3) is 1.00. The van der Waals surface area contributed by atoms with Crippen LogP contribution in [0.25, 0.3) is 0 Å². The van der Waals surface area contributed by atoms with Crippen LogP contribution in [0.1, 0.15) is 6.42 Å². The number of aliphatic hydroxyl groups excluding tert-OH is 4. The molecule has 2 aliphatic rings. The number of fused-ring (bicyclic) bond motifs is 1. The van der Waals surface area contributed by atoms with Crippen molar-refractivity contribution < 1.29 is 20.4 Å². The molecule has 0 unspecified atom stereocenters. The zero-order valence-corrected chi connectivity index (χ0v) is 7.24. The lowest BCUT2D eigenvalue weighted by atomic mass is 10.0. The summed E-state index contributed by atoms with van der Waals surface area (Å²) in [6.45, 7) is 0.451. The normalized spacial score (nSPS) is 51.2. The predicted molar refractivity (Wildman–Crippen MR) is 44.0 cm³/mol. The summed E-state index contributed by atoms with van der Waals surface area (Å²) in [7, 11) is 0. The van der Waals surface area contributed by atoms with E-state index in [4.69, 9.17) is 5.11 Å². The minimum atomic E-state index is -0.940. The monoisotopic (exact) mass is 189 g/mol. The SMILES string of the molecule is OC[C@@H]1[C@@H](O)[C@@H](O)[C@@H]2[C@@H](O)CCN21. The van der Waals surface area contributed by atoms with Crippen LogP contribution in [0.5, 0.6) is 0 Å². The summed E-state index contributed by atoms with van der Waals surface area (Å²) >= 11 is 0. The first-order chi connectivity index (χ1) is 6.16. The lowest BCUT2D eigenvalue weighted by Gasteiger charge is -2.22. The molecule has 5 atom stereocenters. The van der Waals surface area contributed by atoms with Crippen LogP contribution in [0.3, 0.4) is 0 Å². The van der Waals surface area contributed by atoms with Gasteiger partial charge in [-0.25, -0.2) is 0 Å². The highest BCUT2D eigenvalue weighted by atomic mass is 16.3. The fourth-order valence-corrected chi connectivity index (χ4v) is 2.47. The molecule has 0 saturated carbocycles. The number of hydrogen-bond donors (Lipinski definition) is 4. The summed E-state index contributed by atoms with van der Waals surface area (Å²) in [5.41, 5.74) is 0. The lowest BCUT2D eigenvalue weighted by Crippen LogP contribution is -2.39. The Balaban J connectivity index is 2.19. The first-order valence-electron chi connectivity index (χ1n) is 4.57. The Morgan fingerprint density at radius 1 is 1.15 bits per heavy atom. The van der Waals surface area contributed by atoms with Crippen molar-refractivity contribution in [2.24, 2.45) is 0 Å². The van der Waals surface area contributed by atoms with Gasteiger partial charge in [-0.15, -0.1) is 0 Å². The molecule has 13 heavy (non-hydrogen) atoms. The van der Waals surface area contributed by atoms with Gasteiger partial charge in [0, 0.05) is 6.54 Å². The Morgan fingerprint density at radius 3 is 2.46 bits per heavy atom. The first-order valence-corrected chi connectivity index (χ1v) is 4.57. The van der Waals surface area contributed by atoms with Crippen LogP contribution < -0.4 is 0 Å². The van der Waals surface area contributed by atoms with Crippen LogP contribution in [0.15, 0.2) is 0 Å². The van der Waals surface area contributed by atoms with Crippen LogP contribution >= 0.6 is 0 Å². The van der Waals surface area contributed by atoms with E-state index in [1.807, 2.05) is 0 Å². The maximum absolute atomic E-state index is 9.58. The Kier molecular flexibility index (Phi) is 2.29. The van der Waals surface area contributed by atoms with Crippen molar-refractivity contribution in [3.8, 4) is 0 Å². The quantitative estimate of drug-likeness (QED) is 0.367. The molecule has 2 aliphatic heterocycles. The van der Waals surface area contributed by atoms with Crippen LogP contribution in [-0.4, -0.2) is 68.9 Å². The van der Waals surface area contributed by atoms with Gasteiger partial charge in [0.25, 0.3) is 0 Å². The molecule has 2 heterocycles. The summed E-state index contributed by atoms with van der Waals surface area (Å²) in [5.74, 6) is 0. The summed E-state index contributed by atoms with van der Waals surface area (Å²) in [4.78, 5) is 1.79. The predicted octanol–water partition coefficient (Wildman–Crippen LogP) is -2.48. The van der Waals surface area contributed by atoms with Gasteiger partial charge in [-0.2, -0.15) is 0 Å². The zero-order valence-electron chi connectivity index (χ0n) is 7.24. The zero-order chi connectivity index (χ0) is 9.59.